The number of hydrogen-bond acceptors (Lipinski definition) is 4. The maximum absolute atomic E-state index is 13.1. The predicted octanol–water partition coefficient (Wildman–Crippen LogP) is 2.53. The van der Waals surface area contributed by atoms with Gasteiger partial charge in [0.2, 0.25) is 5.88 Å². The van der Waals surface area contributed by atoms with E-state index < -0.39 is 5.82 Å². The molecule has 0 unspecified atom stereocenters. The summed E-state index contributed by atoms with van der Waals surface area (Å²) in [6.07, 6.45) is 0. The van der Waals surface area contributed by atoms with E-state index in [1.165, 1.54) is 6.07 Å². The molecule has 4 nitrogen and oxygen atoms in total. The Morgan fingerprint density at radius 1 is 1.40 bits per heavy atom. The minimum Gasteiger partial charge on any atom is -0.506 e. The van der Waals surface area contributed by atoms with E-state index >= 15 is 0 Å². The first-order chi connectivity index (χ1) is 7.08. The van der Waals surface area contributed by atoms with Crippen molar-refractivity contribution in [1.82, 2.24) is 5.16 Å². The molecule has 2 aromatic rings. The minimum atomic E-state index is -0.490. The van der Waals surface area contributed by atoms with Crippen molar-refractivity contribution >= 4 is 21.8 Å². The number of halogens is 2. The SMILES string of the molecule is Nc1cc(-c2cc(F)cc(Br)c2O)no1. The molecule has 0 spiro atoms. The van der Waals surface area contributed by atoms with Gasteiger partial charge < -0.3 is 15.4 Å². The molecular formula is C9H6BrFN2O2. The molecule has 0 atom stereocenters. The number of benzene rings is 1. The summed E-state index contributed by atoms with van der Waals surface area (Å²) < 4.78 is 18.0. The van der Waals surface area contributed by atoms with Crippen molar-refractivity contribution in [1.29, 1.82) is 0 Å². The highest BCUT2D eigenvalue weighted by atomic mass is 79.9. The molecule has 78 valence electrons. The number of nitrogens with zero attached hydrogens (tertiary/aromatic N) is 1. The number of aromatic nitrogens is 1. The first kappa shape index (κ1) is 9.97. The lowest BCUT2D eigenvalue weighted by atomic mass is 10.1. The van der Waals surface area contributed by atoms with Crippen LogP contribution in [0.15, 0.2) is 27.2 Å². The fourth-order valence-corrected chi connectivity index (χ4v) is 1.61. The molecular weight excluding hydrogens is 267 g/mol. The van der Waals surface area contributed by atoms with Crippen molar-refractivity contribution in [2.24, 2.45) is 0 Å². The van der Waals surface area contributed by atoms with Gasteiger partial charge in [0.1, 0.15) is 17.3 Å². The second kappa shape index (κ2) is 3.54. The number of anilines is 1. The third-order valence-electron chi connectivity index (χ3n) is 1.83. The molecule has 2 rings (SSSR count). The van der Waals surface area contributed by atoms with E-state index in [1.54, 1.807) is 0 Å². The Morgan fingerprint density at radius 3 is 2.73 bits per heavy atom. The van der Waals surface area contributed by atoms with Crippen LogP contribution in [0, 0.1) is 5.82 Å². The van der Waals surface area contributed by atoms with E-state index in [9.17, 15) is 9.50 Å². The van der Waals surface area contributed by atoms with Crippen LogP contribution in [-0.2, 0) is 0 Å². The first-order valence-corrected chi connectivity index (χ1v) is 4.78. The van der Waals surface area contributed by atoms with Crippen molar-refractivity contribution in [3.63, 3.8) is 0 Å². The Hall–Kier alpha value is -1.56. The van der Waals surface area contributed by atoms with Gasteiger partial charge in [0.15, 0.2) is 0 Å². The predicted molar refractivity (Wildman–Crippen MR) is 55.7 cm³/mol. The maximum Gasteiger partial charge on any atom is 0.222 e. The number of nitrogen functional groups attached to an aromatic ring is 1. The number of hydrogen-bond donors (Lipinski definition) is 2. The molecule has 0 radical (unpaired) electrons. The standard InChI is InChI=1S/C9H6BrFN2O2/c10-6-2-4(11)1-5(9(6)14)7-3-8(12)15-13-7/h1-3,14H,12H2. The number of rotatable bonds is 1. The van der Waals surface area contributed by atoms with Crippen LogP contribution in [0.4, 0.5) is 10.3 Å². The second-order valence-electron chi connectivity index (χ2n) is 2.90. The summed E-state index contributed by atoms with van der Waals surface area (Å²) in [5.41, 5.74) is 5.83. The van der Waals surface area contributed by atoms with Gasteiger partial charge in [-0.25, -0.2) is 4.39 Å². The quantitative estimate of drug-likeness (QED) is 0.837. The lowest BCUT2D eigenvalue weighted by molar-refractivity contribution is 0.437. The van der Waals surface area contributed by atoms with E-state index in [4.69, 9.17) is 5.73 Å². The van der Waals surface area contributed by atoms with Gasteiger partial charge >= 0.3 is 0 Å². The molecule has 0 aliphatic rings. The minimum absolute atomic E-state index is 0.102. The zero-order valence-electron chi connectivity index (χ0n) is 7.37. The Morgan fingerprint density at radius 2 is 2.13 bits per heavy atom. The largest absolute Gasteiger partial charge is 0.506 e. The summed E-state index contributed by atoms with van der Waals surface area (Å²) in [5, 5.41) is 13.2. The average Bonchev–Trinajstić information content (AvgIpc) is 2.58. The van der Waals surface area contributed by atoms with Crippen LogP contribution in [0.3, 0.4) is 0 Å². The van der Waals surface area contributed by atoms with Crippen LogP contribution in [0.25, 0.3) is 11.3 Å². The molecule has 1 aromatic heterocycles. The van der Waals surface area contributed by atoms with Gasteiger partial charge in [-0.05, 0) is 28.1 Å². The number of phenolic OH excluding ortho intramolecular Hbond substituents is 1. The fraction of sp³-hybridized carbons (Fsp3) is 0. The highest BCUT2D eigenvalue weighted by Crippen LogP contribution is 2.36. The third kappa shape index (κ3) is 1.80. The van der Waals surface area contributed by atoms with Crippen molar-refractivity contribution in [2.75, 3.05) is 5.73 Å². The maximum atomic E-state index is 13.1. The Labute approximate surface area is 92.6 Å². The second-order valence-corrected chi connectivity index (χ2v) is 3.75. The van der Waals surface area contributed by atoms with Crippen LogP contribution in [-0.4, -0.2) is 10.3 Å². The topological polar surface area (TPSA) is 72.3 Å². The number of aromatic hydroxyl groups is 1. The smallest absolute Gasteiger partial charge is 0.222 e. The molecule has 0 saturated carbocycles. The van der Waals surface area contributed by atoms with Crippen molar-refractivity contribution in [2.45, 2.75) is 0 Å². The molecule has 0 fully saturated rings. The van der Waals surface area contributed by atoms with E-state index in [1.807, 2.05) is 0 Å². The fourth-order valence-electron chi connectivity index (χ4n) is 1.18. The van der Waals surface area contributed by atoms with Crippen molar-refractivity contribution in [3.8, 4) is 17.0 Å². The molecule has 0 aliphatic carbocycles. The van der Waals surface area contributed by atoms with Gasteiger partial charge in [0.25, 0.3) is 0 Å². The van der Waals surface area contributed by atoms with Crippen LogP contribution in [0.5, 0.6) is 5.75 Å². The zero-order valence-corrected chi connectivity index (χ0v) is 8.95. The molecule has 3 N–H and O–H groups in total. The van der Waals surface area contributed by atoms with E-state index in [0.29, 0.717) is 0 Å². The lowest BCUT2D eigenvalue weighted by Crippen LogP contribution is -1.83. The van der Waals surface area contributed by atoms with Crippen molar-refractivity contribution < 1.29 is 14.0 Å². The van der Waals surface area contributed by atoms with E-state index in [0.717, 1.165) is 12.1 Å². The summed E-state index contributed by atoms with van der Waals surface area (Å²) in [7, 11) is 0. The summed E-state index contributed by atoms with van der Waals surface area (Å²) in [6, 6.07) is 3.71. The summed E-state index contributed by atoms with van der Waals surface area (Å²) in [5.74, 6) is -0.495. The summed E-state index contributed by atoms with van der Waals surface area (Å²) >= 11 is 3.02. The van der Waals surface area contributed by atoms with E-state index in [2.05, 4.69) is 25.6 Å². The van der Waals surface area contributed by atoms with E-state index in [-0.39, 0.29) is 27.4 Å². The molecule has 15 heavy (non-hydrogen) atoms. The highest BCUT2D eigenvalue weighted by molar-refractivity contribution is 9.10. The molecule has 0 saturated heterocycles. The monoisotopic (exact) mass is 272 g/mol. The van der Waals surface area contributed by atoms with Crippen LogP contribution >= 0.6 is 15.9 Å². The Balaban J connectivity index is 2.62. The molecule has 0 amide bonds. The lowest BCUT2D eigenvalue weighted by Gasteiger charge is -2.02. The molecule has 0 aliphatic heterocycles. The first-order valence-electron chi connectivity index (χ1n) is 3.98. The van der Waals surface area contributed by atoms with Gasteiger partial charge in [0.05, 0.1) is 4.47 Å². The van der Waals surface area contributed by atoms with Gasteiger partial charge in [0, 0.05) is 11.6 Å². The van der Waals surface area contributed by atoms with Crippen molar-refractivity contribution in [3.05, 3.63) is 28.5 Å². The molecule has 0 bridgehead atoms. The number of nitrogens with two attached hydrogens (primary N) is 1. The summed E-state index contributed by atoms with van der Waals surface area (Å²) in [4.78, 5) is 0. The van der Waals surface area contributed by atoms with Gasteiger partial charge in [-0.15, -0.1) is 0 Å². The molecule has 1 aromatic carbocycles. The van der Waals surface area contributed by atoms with Crippen LogP contribution in [0.1, 0.15) is 0 Å². The van der Waals surface area contributed by atoms with Crippen LogP contribution in [0.2, 0.25) is 0 Å². The Bertz CT molecular complexity index is 513. The molecule has 1 heterocycles. The Kier molecular flexibility index (Phi) is 2.36. The van der Waals surface area contributed by atoms with Gasteiger partial charge in [-0.1, -0.05) is 5.16 Å². The average molecular weight is 273 g/mol. The van der Waals surface area contributed by atoms with Crippen LogP contribution < -0.4 is 5.73 Å². The zero-order chi connectivity index (χ0) is 11.0. The normalized spacial score (nSPS) is 10.5. The van der Waals surface area contributed by atoms with Gasteiger partial charge in [-0.3, -0.25) is 0 Å². The summed E-state index contributed by atoms with van der Waals surface area (Å²) in [6.45, 7) is 0. The van der Waals surface area contributed by atoms with Gasteiger partial charge in [-0.2, -0.15) is 0 Å². The third-order valence-corrected chi connectivity index (χ3v) is 2.44. The number of phenols is 1. The highest BCUT2D eigenvalue weighted by Gasteiger charge is 2.13. The molecule has 6 heteroatoms.